The van der Waals surface area contributed by atoms with Gasteiger partial charge in [0.05, 0.1) is 5.52 Å². The summed E-state index contributed by atoms with van der Waals surface area (Å²) in [5.74, 6) is 0. The van der Waals surface area contributed by atoms with Gasteiger partial charge in [0.2, 0.25) is 0 Å². The Morgan fingerprint density at radius 1 is 0.765 bits per heavy atom. The highest BCUT2D eigenvalue weighted by atomic mass is 32.1. The average Bonchev–Trinajstić information content (AvgIpc) is 2.78. The lowest BCUT2D eigenvalue weighted by Gasteiger charge is -1.97. The van der Waals surface area contributed by atoms with Crippen molar-refractivity contribution in [1.29, 1.82) is 0 Å². The van der Waals surface area contributed by atoms with Crippen LogP contribution in [0.1, 0.15) is 0 Å². The molecular formula is C15H9NS. The van der Waals surface area contributed by atoms with E-state index in [1.54, 1.807) is 0 Å². The lowest BCUT2D eigenvalue weighted by atomic mass is 10.1. The third-order valence-electron chi connectivity index (χ3n) is 3.12. The molecule has 0 amide bonds. The predicted octanol–water partition coefficient (Wildman–Crippen LogP) is 4.60. The highest BCUT2D eigenvalue weighted by molar-refractivity contribution is 7.26. The van der Waals surface area contributed by atoms with Gasteiger partial charge in [-0.3, -0.25) is 4.98 Å². The van der Waals surface area contributed by atoms with E-state index in [9.17, 15) is 0 Å². The zero-order valence-electron chi connectivity index (χ0n) is 9.05. The van der Waals surface area contributed by atoms with Crippen molar-refractivity contribution < 1.29 is 0 Å². The van der Waals surface area contributed by atoms with Crippen LogP contribution in [-0.2, 0) is 0 Å². The maximum Gasteiger partial charge on any atom is 0.0716 e. The fourth-order valence-corrected chi connectivity index (χ4v) is 3.52. The molecule has 4 aromatic rings. The van der Waals surface area contributed by atoms with Crippen molar-refractivity contribution >= 4 is 42.4 Å². The van der Waals surface area contributed by atoms with Crippen molar-refractivity contribution in [3.63, 3.8) is 0 Å². The molecule has 0 bridgehead atoms. The van der Waals surface area contributed by atoms with Gasteiger partial charge in [0.25, 0.3) is 0 Å². The lowest BCUT2D eigenvalue weighted by Crippen LogP contribution is -1.77. The first-order valence-corrected chi connectivity index (χ1v) is 6.40. The van der Waals surface area contributed by atoms with Gasteiger partial charge in [0.1, 0.15) is 0 Å². The van der Waals surface area contributed by atoms with E-state index in [1.165, 1.54) is 25.6 Å². The molecule has 0 aliphatic carbocycles. The predicted molar refractivity (Wildman–Crippen MR) is 74.6 cm³/mol. The van der Waals surface area contributed by atoms with E-state index in [-0.39, 0.29) is 0 Å². The molecule has 80 valence electrons. The van der Waals surface area contributed by atoms with E-state index in [1.807, 2.05) is 23.6 Å². The summed E-state index contributed by atoms with van der Waals surface area (Å²) in [5.41, 5.74) is 1.08. The second-order valence-electron chi connectivity index (χ2n) is 4.12. The van der Waals surface area contributed by atoms with Gasteiger partial charge in [-0.25, -0.2) is 0 Å². The van der Waals surface area contributed by atoms with Gasteiger partial charge >= 0.3 is 0 Å². The molecule has 2 aromatic carbocycles. The first kappa shape index (κ1) is 9.14. The summed E-state index contributed by atoms with van der Waals surface area (Å²) >= 11 is 1.85. The molecule has 1 nitrogen and oxygen atoms in total. The molecule has 17 heavy (non-hydrogen) atoms. The van der Waals surface area contributed by atoms with E-state index < -0.39 is 0 Å². The largest absolute Gasteiger partial charge is 0.256 e. The molecule has 4 rings (SSSR count). The van der Waals surface area contributed by atoms with Crippen molar-refractivity contribution in [1.82, 2.24) is 4.98 Å². The topological polar surface area (TPSA) is 12.9 Å². The van der Waals surface area contributed by atoms with E-state index in [0.717, 1.165) is 5.52 Å². The molecular weight excluding hydrogens is 226 g/mol. The minimum absolute atomic E-state index is 1.08. The third kappa shape index (κ3) is 1.22. The molecule has 0 radical (unpaired) electrons. The summed E-state index contributed by atoms with van der Waals surface area (Å²) in [7, 11) is 0. The number of thiophene rings is 1. The summed E-state index contributed by atoms with van der Waals surface area (Å²) in [6.07, 6.45) is 2.00. The van der Waals surface area contributed by atoms with Crippen molar-refractivity contribution in [2.45, 2.75) is 0 Å². The van der Waals surface area contributed by atoms with Crippen LogP contribution in [0.4, 0.5) is 0 Å². The highest BCUT2D eigenvalue weighted by Crippen LogP contribution is 2.36. The van der Waals surface area contributed by atoms with Crippen LogP contribution >= 0.6 is 11.3 Å². The Kier molecular flexibility index (Phi) is 1.76. The quantitative estimate of drug-likeness (QED) is 0.434. The molecule has 0 fully saturated rings. The van der Waals surface area contributed by atoms with Gasteiger partial charge in [0, 0.05) is 31.8 Å². The summed E-state index contributed by atoms with van der Waals surface area (Å²) in [4.78, 5) is 4.54. The fourth-order valence-electron chi connectivity index (χ4n) is 2.31. The van der Waals surface area contributed by atoms with Crippen LogP contribution in [0.5, 0.6) is 0 Å². The number of hydrogen-bond donors (Lipinski definition) is 0. The van der Waals surface area contributed by atoms with Gasteiger partial charge in [-0.05, 0) is 12.1 Å². The summed E-state index contributed by atoms with van der Waals surface area (Å²) < 4.78 is 2.68. The van der Waals surface area contributed by atoms with Crippen molar-refractivity contribution in [3.8, 4) is 0 Å². The van der Waals surface area contributed by atoms with Crippen molar-refractivity contribution in [2.75, 3.05) is 0 Å². The number of pyridine rings is 1. The minimum atomic E-state index is 1.08. The number of benzene rings is 2. The van der Waals surface area contributed by atoms with E-state index in [0.29, 0.717) is 0 Å². The van der Waals surface area contributed by atoms with Crippen molar-refractivity contribution in [3.05, 3.63) is 54.7 Å². The zero-order valence-corrected chi connectivity index (χ0v) is 9.87. The van der Waals surface area contributed by atoms with Crippen LogP contribution in [0.25, 0.3) is 31.1 Å². The summed E-state index contributed by atoms with van der Waals surface area (Å²) in [6.45, 7) is 0. The molecule has 2 heterocycles. The first-order chi connectivity index (χ1) is 8.43. The molecule has 2 aromatic heterocycles. The Morgan fingerprint density at radius 2 is 1.53 bits per heavy atom. The molecule has 0 saturated carbocycles. The van der Waals surface area contributed by atoms with Crippen LogP contribution in [0.3, 0.4) is 0 Å². The van der Waals surface area contributed by atoms with Crippen LogP contribution in [0.15, 0.2) is 54.7 Å². The minimum Gasteiger partial charge on any atom is -0.256 e. The average molecular weight is 235 g/mol. The molecule has 0 N–H and O–H groups in total. The maximum absolute atomic E-state index is 4.54. The Morgan fingerprint density at radius 3 is 2.47 bits per heavy atom. The molecule has 2 heteroatoms. The Labute approximate surface area is 102 Å². The van der Waals surface area contributed by atoms with Crippen LogP contribution in [-0.4, -0.2) is 4.98 Å². The summed E-state index contributed by atoms with van der Waals surface area (Å²) in [6, 6.07) is 16.9. The number of nitrogens with zero attached hydrogens (tertiary/aromatic N) is 1. The molecule has 0 atom stereocenters. The number of aromatic nitrogens is 1. The standard InChI is InChI=1S/C15H9NS/c1-3-7-13-11(6-1)15-12(9-16-13)10-5-2-4-8-14(10)17-15/h1-9H. The van der Waals surface area contributed by atoms with Gasteiger partial charge in [0.15, 0.2) is 0 Å². The van der Waals surface area contributed by atoms with Crippen LogP contribution < -0.4 is 0 Å². The van der Waals surface area contributed by atoms with Gasteiger partial charge < -0.3 is 0 Å². The number of para-hydroxylation sites is 1. The third-order valence-corrected chi connectivity index (χ3v) is 4.34. The number of fused-ring (bicyclic) bond motifs is 5. The number of rotatable bonds is 0. The Balaban J connectivity index is 2.34. The van der Waals surface area contributed by atoms with Gasteiger partial charge in [-0.1, -0.05) is 36.4 Å². The molecule has 0 aliphatic heterocycles. The second-order valence-corrected chi connectivity index (χ2v) is 5.17. The van der Waals surface area contributed by atoms with E-state index in [2.05, 4.69) is 47.4 Å². The Bertz CT molecular complexity index is 845. The molecule has 0 saturated heterocycles. The summed E-state index contributed by atoms with van der Waals surface area (Å²) in [5, 5.41) is 3.83. The maximum atomic E-state index is 4.54. The van der Waals surface area contributed by atoms with Crippen LogP contribution in [0, 0.1) is 0 Å². The Hall–Kier alpha value is -1.93. The lowest BCUT2D eigenvalue weighted by molar-refractivity contribution is 1.45. The smallest absolute Gasteiger partial charge is 0.0716 e. The first-order valence-electron chi connectivity index (χ1n) is 5.58. The second kappa shape index (κ2) is 3.28. The van der Waals surface area contributed by atoms with E-state index >= 15 is 0 Å². The monoisotopic (exact) mass is 235 g/mol. The van der Waals surface area contributed by atoms with Crippen molar-refractivity contribution in [2.24, 2.45) is 0 Å². The highest BCUT2D eigenvalue weighted by Gasteiger charge is 2.07. The van der Waals surface area contributed by atoms with Gasteiger partial charge in [-0.2, -0.15) is 0 Å². The molecule has 0 spiro atoms. The van der Waals surface area contributed by atoms with Crippen LogP contribution in [0.2, 0.25) is 0 Å². The SMILES string of the molecule is c1ccc2c(c1)ncc1c3ccccc3sc21. The van der Waals surface area contributed by atoms with Gasteiger partial charge in [-0.15, -0.1) is 11.3 Å². The number of hydrogen-bond acceptors (Lipinski definition) is 2. The van der Waals surface area contributed by atoms with E-state index in [4.69, 9.17) is 0 Å². The zero-order chi connectivity index (χ0) is 11.2. The normalized spacial score (nSPS) is 11.5. The molecule has 0 unspecified atom stereocenters. The fraction of sp³-hybridized carbons (Fsp3) is 0. The molecule has 0 aliphatic rings.